The lowest BCUT2D eigenvalue weighted by molar-refractivity contribution is 0.509. The number of benzene rings is 1. The largest absolute Gasteiger partial charge is 0.397 e. The first-order valence-electron chi connectivity index (χ1n) is 5.59. The second-order valence-corrected chi connectivity index (χ2v) is 6.68. The third-order valence-electron chi connectivity index (χ3n) is 2.92. The molecule has 0 amide bonds. The van der Waals surface area contributed by atoms with Crippen molar-refractivity contribution >= 4 is 21.2 Å². The predicted molar refractivity (Wildman–Crippen MR) is 66.1 cm³/mol. The Bertz CT molecular complexity index is 560. The summed E-state index contributed by atoms with van der Waals surface area (Å²) in [6.45, 7) is 0. The number of nitrogens with two attached hydrogens (primary N) is 1. The van der Waals surface area contributed by atoms with Crippen molar-refractivity contribution in [1.82, 2.24) is 0 Å². The second kappa shape index (κ2) is 4.72. The highest BCUT2D eigenvalue weighted by atomic mass is 32.2. The van der Waals surface area contributed by atoms with E-state index in [1.807, 2.05) is 0 Å². The molecule has 1 saturated heterocycles. The second-order valence-electron chi connectivity index (χ2n) is 4.45. The monoisotopic (exact) mass is 276 g/mol. The lowest BCUT2D eigenvalue weighted by Crippen LogP contribution is -2.35. The van der Waals surface area contributed by atoms with E-state index in [1.54, 1.807) is 0 Å². The van der Waals surface area contributed by atoms with Crippen molar-refractivity contribution in [1.29, 1.82) is 0 Å². The molecule has 0 aliphatic carbocycles. The molecule has 0 bridgehead atoms. The van der Waals surface area contributed by atoms with Crippen LogP contribution in [0.25, 0.3) is 0 Å². The molecule has 18 heavy (non-hydrogen) atoms. The van der Waals surface area contributed by atoms with Crippen molar-refractivity contribution in [2.45, 2.75) is 18.9 Å². The first-order valence-corrected chi connectivity index (χ1v) is 7.41. The van der Waals surface area contributed by atoms with E-state index in [2.05, 4.69) is 5.32 Å². The van der Waals surface area contributed by atoms with E-state index in [1.165, 1.54) is 0 Å². The van der Waals surface area contributed by atoms with E-state index in [4.69, 9.17) is 5.73 Å². The lowest BCUT2D eigenvalue weighted by atomic mass is 10.1. The average Bonchev–Trinajstić information content (AvgIpc) is 2.24. The van der Waals surface area contributed by atoms with E-state index < -0.39 is 21.5 Å². The molecule has 7 heteroatoms. The molecule has 0 aromatic heterocycles. The molecule has 1 unspecified atom stereocenters. The van der Waals surface area contributed by atoms with Crippen LogP contribution in [0.1, 0.15) is 12.8 Å². The van der Waals surface area contributed by atoms with Crippen LogP contribution in [0.4, 0.5) is 20.2 Å². The van der Waals surface area contributed by atoms with Crippen LogP contribution < -0.4 is 11.1 Å². The highest BCUT2D eigenvalue weighted by molar-refractivity contribution is 7.91. The molecule has 1 aromatic carbocycles. The summed E-state index contributed by atoms with van der Waals surface area (Å²) in [6.07, 6.45) is 1.22. The van der Waals surface area contributed by atoms with Crippen molar-refractivity contribution in [3.63, 3.8) is 0 Å². The summed E-state index contributed by atoms with van der Waals surface area (Å²) in [5, 5.41) is 2.86. The van der Waals surface area contributed by atoms with Crippen LogP contribution >= 0.6 is 0 Å². The van der Waals surface area contributed by atoms with Crippen LogP contribution in [0.3, 0.4) is 0 Å². The Kier molecular flexibility index (Phi) is 3.43. The summed E-state index contributed by atoms with van der Waals surface area (Å²) in [5.41, 5.74) is 5.86. The maximum absolute atomic E-state index is 13.1. The summed E-state index contributed by atoms with van der Waals surface area (Å²) in [5.74, 6) is -1.86. The quantitative estimate of drug-likeness (QED) is 0.804. The van der Waals surface area contributed by atoms with Gasteiger partial charge in [0.15, 0.2) is 21.5 Å². The Morgan fingerprint density at radius 2 is 1.94 bits per heavy atom. The Morgan fingerprint density at radius 3 is 2.61 bits per heavy atom. The first kappa shape index (κ1) is 13.1. The topological polar surface area (TPSA) is 72.2 Å². The van der Waals surface area contributed by atoms with Gasteiger partial charge in [-0.1, -0.05) is 0 Å². The molecule has 1 aliphatic rings. The predicted octanol–water partition coefficient (Wildman–Crippen LogP) is 1.54. The zero-order chi connectivity index (χ0) is 13.3. The van der Waals surface area contributed by atoms with Crippen molar-refractivity contribution < 1.29 is 17.2 Å². The molecule has 3 N–H and O–H groups in total. The molecule has 0 spiro atoms. The maximum Gasteiger partial charge on any atom is 0.161 e. The van der Waals surface area contributed by atoms with E-state index >= 15 is 0 Å². The number of hydrogen-bond donors (Lipinski definition) is 2. The number of nitrogen functional groups attached to an aromatic ring is 1. The van der Waals surface area contributed by atoms with E-state index in [9.17, 15) is 17.2 Å². The van der Waals surface area contributed by atoms with Gasteiger partial charge in [0, 0.05) is 18.2 Å². The summed E-state index contributed by atoms with van der Waals surface area (Å²) in [7, 11) is -3.05. The number of hydrogen-bond acceptors (Lipinski definition) is 4. The molecule has 1 aromatic rings. The molecular formula is C11H14F2N2O2S. The van der Waals surface area contributed by atoms with Crippen LogP contribution in [-0.2, 0) is 9.84 Å². The van der Waals surface area contributed by atoms with Gasteiger partial charge in [-0.15, -0.1) is 0 Å². The number of sulfone groups is 1. The molecule has 1 fully saturated rings. The molecule has 100 valence electrons. The van der Waals surface area contributed by atoms with Crippen LogP contribution in [0, 0.1) is 11.6 Å². The van der Waals surface area contributed by atoms with Gasteiger partial charge in [0.05, 0.1) is 22.9 Å². The lowest BCUT2D eigenvalue weighted by Gasteiger charge is -2.24. The maximum atomic E-state index is 13.1. The molecular weight excluding hydrogens is 262 g/mol. The van der Waals surface area contributed by atoms with Crippen LogP contribution in [0.2, 0.25) is 0 Å². The van der Waals surface area contributed by atoms with Gasteiger partial charge in [-0.3, -0.25) is 0 Å². The van der Waals surface area contributed by atoms with Gasteiger partial charge in [0.1, 0.15) is 0 Å². The molecule has 1 atom stereocenters. The van der Waals surface area contributed by atoms with Gasteiger partial charge in [-0.05, 0) is 12.8 Å². The van der Waals surface area contributed by atoms with E-state index in [-0.39, 0.29) is 28.9 Å². The zero-order valence-corrected chi connectivity index (χ0v) is 10.4. The third kappa shape index (κ3) is 2.90. The number of rotatable bonds is 2. The Hall–Kier alpha value is -1.37. The highest BCUT2D eigenvalue weighted by Gasteiger charge is 2.25. The Morgan fingerprint density at radius 1 is 1.28 bits per heavy atom. The fourth-order valence-corrected chi connectivity index (χ4v) is 3.68. The number of nitrogens with one attached hydrogen (secondary N) is 1. The first-order chi connectivity index (χ1) is 8.37. The summed E-state index contributed by atoms with van der Waals surface area (Å²) in [4.78, 5) is 0. The number of halogens is 2. The fraction of sp³-hybridized carbons (Fsp3) is 0.455. The Labute approximate surface area is 104 Å². The van der Waals surface area contributed by atoms with Crippen LogP contribution in [0.5, 0.6) is 0 Å². The minimum absolute atomic E-state index is 0.00850. The fourth-order valence-electron chi connectivity index (χ4n) is 2.04. The van der Waals surface area contributed by atoms with Gasteiger partial charge in [-0.2, -0.15) is 0 Å². The normalized spacial score (nSPS) is 22.7. The minimum atomic E-state index is -3.05. The summed E-state index contributed by atoms with van der Waals surface area (Å²) < 4.78 is 48.9. The van der Waals surface area contributed by atoms with Crippen molar-refractivity contribution in [2.24, 2.45) is 0 Å². The SMILES string of the molecule is Nc1cc(F)c(F)cc1NC1CCCS(=O)(=O)C1. The van der Waals surface area contributed by atoms with Gasteiger partial charge in [0.25, 0.3) is 0 Å². The molecule has 0 saturated carbocycles. The Balaban J connectivity index is 2.17. The van der Waals surface area contributed by atoms with Crippen molar-refractivity contribution in [3.05, 3.63) is 23.8 Å². The minimum Gasteiger partial charge on any atom is -0.397 e. The molecule has 1 aliphatic heterocycles. The van der Waals surface area contributed by atoms with Gasteiger partial charge >= 0.3 is 0 Å². The molecule has 4 nitrogen and oxygen atoms in total. The highest BCUT2D eigenvalue weighted by Crippen LogP contribution is 2.25. The average molecular weight is 276 g/mol. The third-order valence-corrected chi connectivity index (χ3v) is 4.74. The smallest absolute Gasteiger partial charge is 0.161 e. The van der Waals surface area contributed by atoms with Crippen LogP contribution in [0.15, 0.2) is 12.1 Å². The number of anilines is 2. The van der Waals surface area contributed by atoms with E-state index in [0.29, 0.717) is 12.8 Å². The summed E-state index contributed by atoms with van der Waals surface area (Å²) in [6, 6.07) is 1.52. The molecule has 2 rings (SSSR count). The van der Waals surface area contributed by atoms with Gasteiger partial charge < -0.3 is 11.1 Å². The summed E-state index contributed by atoms with van der Waals surface area (Å²) >= 11 is 0. The van der Waals surface area contributed by atoms with Gasteiger partial charge in [-0.25, -0.2) is 17.2 Å². The molecule has 1 heterocycles. The van der Waals surface area contributed by atoms with Crippen molar-refractivity contribution in [2.75, 3.05) is 22.6 Å². The standard InChI is InChI=1S/C11H14F2N2O2S/c12-8-4-10(14)11(5-9(8)13)15-7-2-1-3-18(16,17)6-7/h4-5,7,15H,1-3,6,14H2. The zero-order valence-electron chi connectivity index (χ0n) is 9.62. The van der Waals surface area contributed by atoms with Crippen LogP contribution in [-0.4, -0.2) is 26.0 Å². The van der Waals surface area contributed by atoms with Crippen molar-refractivity contribution in [3.8, 4) is 0 Å². The van der Waals surface area contributed by atoms with E-state index in [0.717, 1.165) is 12.1 Å². The van der Waals surface area contributed by atoms with Gasteiger partial charge in [0.2, 0.25) is 0 Å². The molecule has 0 radical (unpaired) electrons.